The minimum Gasteiger partial charge on any atom is -0.495 e. The molecule has 0 amide bonds. The van der Waals surface area contributed by atoms with E-state index in [9.17, 15) is 0 Å². The molecule has 0 heterocycles. The van der Waals surface area contributed by atoms with Crippen LogP contribution in [0.5, 0.6) is 11.5 Å². The van der Waals surface area contributed by atoms with Gasteiger partial charge in [-0.2, -0.15) is 0 Å². The summed E-state index contributed by atoms with van der Waals surface area (Å²) in [5.74, 6) is 1.50. The molecule has 1 unspecified atom stereocenters. The van der Waals surface area contributed by atoms with Crippen molar-refractivity contribution in [1.82, 2.24) is 0 Å². The minimum absolute atomic E-state index is 0.0536. The van der Waals surface area contributed by atoms with Crippen LogP contribution >= 0.6 is 15.9 Å². The summed E-state index contributed by atoms with van der Waals surface area (Å²) < 4.78 is 11.5. The zero-order valence-electron chi connectivity index (χ0n) is 11.7. The molecule has 0 saturated carbocycles. The third-order valence-corrected chi connectivity index (χ3v) is 3.50. The van der Waals surface area contributed by atoms with Crippen LogP contribution in [0.15, 0.2) is 16.6 Å². The average molecular weight is 316 g/mol. The van der Waals surface area contributed by atoms with Gasteiger partial charge >= 0.3 is 0 Å². The van der Waals surface area contributed by atoms with Crippen molar-refractivity contribution in [3.05, 3.63) is 22.2 Å². The van der Waals surface area contributed by atoms with Crippen LogP contribution in [0.1, 0.15) is 38.8 Å². The molecule has 0 aliphatic carbocycles. The van der Waals surface area contributed by atoms with Crippen LogP contribution in [0.2, 0.25) is 0 Å². The zero-order chi connectivity index (χ0) is 13.9. The van der Waals surface area contributed by atoms with Crippen LogP contribution in [0, 0.1) is 5.41 Å². The maximum absolute atomic E-state index is 6.28. The van der Waals surface area contributed by atoms with Crippen molar-refractivity contribution in [3.63, 3.8) is 0 Å². The summed E-state index contributed by atoms with van der Waals surface area (Å²) in [4.78, 5) is 0. The molecule has 1 atom stereocenters. The summed E-state index contributed by atoms with van der Waals surface area (Å²) in [5.41, 5.74) is 7.45. The van der Waals surface area contributed by atoms with Gasteiger partial charge in [0.1, 0.15) is 16.0 Å². The monoisotopic (exact) mass is 315 g/mol. The minimum atomic E-state index is -0.0536. The van der Waals surface area contributed by atoms with Gasteiger partial charge in [-0.05, 0) is 39.9 Å². The van der Waals surface area contributed by atoms with Gasteiger partial charge in [0.15, 0.2) is 0 Å². The second-order valence-corrected chi connectivity index (χ2v) is 6.37. The van der Waals surface area contributed by atoms with Gasteiger partial charge in [0.2, 0.25) is 0 Å². The van der Waals surface area contributed by atoms with Gasteiger partial charge in [0.05, 0.1) is 14.2 Å². The SMILES string of the molecule is COc1ccc(C(N)CC(C)(C)C)c(OC)c1Br. The predicted octanol–water partition coefficient (Wildman–Crippen LogP) is 3.90. The summed E-state index contributed by atoms with van der Waals surface area (Å²) in [6, 6.07) is 3.82. The van der Waals surface area contributed by atoms with Crippen molar-refractivity contribution in [3.8, 4) is 11.5 Å². The number of hydrogen-bond donors (Lipinski definition) is 1. The van der Waals surface area contributed by atoms with E-state index in [1.54, 1.807) is 14.2 Å². The number of rotatable bonds is 4. The van der Waals surface area contributed by atoms with Crippen molar-refractivity contribution in [2.24, 2.45) is 11.1 Å². The standard InChI is InChI=1S/C14H22BrNO2/c1-14(2,3)8-10(16)9-6-7-11(17-4)12(15)13(9)18-5/h6-7,10H,8,16H2,1-5H3. The lowest BCUT2D eigenvalue weighted by molar-refractivity contribution is 0.332. The van der Waals surface area contributed by atoms with Crippen LogP contribution in [0.25, 0.3) is 0 Å². The molecule has 2 N–H and O–H groups in total. The Bertz CT molecular complexity index is 413. The van der Waals surface area contributed by atoms with Gasteiger partial charge in [-0.25, -0.2) is 0 Å². The molecule has 0 spiro atoms. The first-order valence-corrected chi connectivity index (χ1v) is 6.75. The molecule has 4 heteroatoms. The van der Waals surface area contributed by atoms with Gasteiger partial charge in [0, 0.05) is 11.6 Å². The second-order valence-electron chi connectivity index (χ2n) is 5.58. The first-order valence-electron chi connectivity index (χ1n) is 5.96. The molecule has 1 aromatic rings. The summed E-state index contributed by atoms with van der Waals surface area (Å²) in [6.45, 7) is 6.54. The van der Waals surface area contributed by atoms with Crippen LogP contribution in [0.3, 0.4) is 0 Å². The largest absolute Gasteiger partial charge is 0.495 e. The van der Waals surface area contributed by atoms with E-state index in [-0.39, 0.29) is 11.5 Å². The Morgan fingerprint density at radius 3 is 2.28 bits per heavy atom. The van der Waals surface area contributed by atoms with E-state index in [2.05, 4.69) is 36.7 Å². The molecule has 0 aromatic heterocycles. The molecule has 0 aliphatic heterocycles. The Kier molecular flexibility index (Phi) is 5.05. The molecule has 0 bridgehead atoms. The number of ether oxygens (including phenoxy) is 2. The number of hydrogen-bond acceptors (Lipinski definition) is 3. The molecular formula is C14H22BrNO2. The fourth-order valence-electron chi connectivity index (χ4n) is 1.98. The maximum Gasteiger partial charge on any atom is 0.141 e. The van der Waals surface area contributed by atoms with E-state index in [4.69, 9.17) is 15.2 Å². The molecule has 0 aliphatic rings. The lowest BCUT2D eigenvalue weighted by atomic mass is 9.85. The van der Waals surface area contributed by atoms with Gasteiger partial charge < -0.3 is 15.2 Å². The predicted molar refractivity (Wildman–Crippen MR) is 78.2 cm³/mol. The molecule has 0 saturated heterocycles. The highest BCUT2D eigenvalue weighted by molar-refractivity contribution is 9.10. The van der Waals surface area contributed by atoms with E-state index in [1.165, 1.54) is 0 Å². The van der Waals surface area contributed by atoms with Crippen LogP contribution in [-0.2, 0) is 0 Å². The van der Waals surface area contributed by atoms with Crippen LogP contribution in [-0.4, -0.2) is 14.2 Å². The average Bonchev–Trinajstić information content (AvgIpc) is 2.26. The van der Waals surface area contributed by atoms with Crippen molar-refractivity contribution >= 4 is 15.9 Å². The van der Waals surface area contributed by atoms with Crippen LogP contribution in [0.4, 0.5) is 0 Å². The Morgan fingerprint density at radius 2 is 1.83 bits per heavy atom. The van der Waals surface area contributed by atoms with Gasteiger partial charge in [-0.3, -0.25) is 0 Å². The van der Waals surface area contributed by atoms with E-state index in [1.807, 2.05) is 12.1 Å². The van der Waals surface area contributed by atoms with Gasteiger partial charge in [-0.1, -0.05) is 20.8 Å². The molecule has 1 aromatic carbocycles. The highest BCUT2D eigenvalue weighted by atomic mass is 79.9. The molecule has 0 radical (unpaired) electrons. The van der Waals surface area contributed by atoms with Crippen molar-refractivity contribution < 1.29 is 9.47 Å². The lowest BCUT2D eigenvalue weighted by Gasteiger charge is -2.25. The highest BCUT2D eigenvalue weighted by Crippen LogP contribution is 2.41. The highest BCUT2D eigenvalue weighted by Gasteiger charge is 2.22. The maximum atomic E-state index is 6.28. The Morgan fingerprint density at radius 1 is 1.22 bits per heavy atom. The topological polar surface area (TPSA) is 44.5 Å². The molecular weight excluding hydrogens is 294 g/mol. The summed E-state index contributed by atoms with van der Waals surface area (Å²) in [6.07, 6.45) is 0.891. The molecule has 0 fully saturated rings. The second kappa shape index (κ2) is 5.93. The third-order valence-electron chi connectivity index (χ3n) is 2.75. The van der Waals surface area contributed by atoms with E-state index >= 15 is 0 Å². The summed E-state index contributed by atoms with van der Waals surface area (Å²) in [7, 11) is 3.28. The summed E-state index contributed by atoms with van der Waals surface area (Å²) >= 11 is 3.49. The first kappa shape index (κ1) is 15.3. The van der Waals surface area contributed by atoms with Crippen molar-refractivity contribution in [2.45, 2.75) is 33.2 Å². The molecule has 3 nitrogen and oxygen atoms in total. The number of nitrogens with two attached hydrogens (primary N) is 1. The van der Waals surface area contributed by atoms with Crippen molar-refractivity contribution in [1.29, 1.82) is 0 Å². The number of benzene rings is 1. The van der Waals surface area contributed by atoms with Gasteiger partial charge in [-0.15, -0.1) is 0 Å². The zero-order valence-corrected chi connectivity index (χ0v) is 13.3. The Labute approximate surface area is 118 Å². The fourth-order valence-corrected chi connectivity index (χ4v) is 2.66. The first-order chi connectivity index (χ1) is 8.30. The Hall–Kier alpha value is -0.740. The lowest BCUT2D eigenvalue weighted by Crippen LogP contribution is -2.19. The molecule has 18 heavy (non-hydrogen) atoms. The van der Waals surface area contributed by atoms with Crippen LogP contribution < -0.4 is 15.2 Å². The van der Waals surface area contributed by atoms with Crippen molar-refractivity contribution in [2.75, 3.05) is 14.2 Å². The quantitative estimate of drug-likeness (QED) is 0.916. The van der Waals surface area contributed by atoms with E-state index in [0.29, 0.717) is 0 Å². The van der Waals surface area contributed by atoms with E-state index < -0.39 is 0 Å². The van der Waals surface area contributed by atoms with Gasteiger partial charge in [0.25, 0.3) is 0 Å². The normalized spacial score (nSPS) is 13.3. The number of halogens is 1. The summed E-state index contributed by atoms with van der Waals surface area (Å²) in [5, 5.41) is 0. The smallest absolute Gasteiger partial charge is 0.141 e. The third kappa shape index (κ3) is 3.62. The fraction of sp³-hybridized carbons (Fsp3) is 0.571. The van der Waals surface area contributed by atoms with E-state index in [0.717, 1.165) is 28.0 Å². The number of methoxy groups -OCH3 is 2. The molecule has 102 valence electrons. The molecule has 1 rings (SSSR count). The Balaban J connectivity index is 3.13.